The average Bonchev–Trinajstić information content (AvgIpc) is 3.41. The predicted octanol–water partition coefficient (Wildman–Crippen LogP) is 4.33. The van der Waals surface area contributed by atoms with Gasteiger partial charge in [0, 0.05) is 35.2 Å². The van der Waals surface area contributed by atoms with E-state index in [0.29, 0.717) is 18.7 Å². The van der Waals surface area contributed by atoms with Gasteiger partial charge in [-0.25, -0.2) is 0 Å². The molecular formula is C23H25BrN2O4. The van der Waals surface area contributed by atoms with Gasteiger partial charge in [-0.2, -0.15) is 0 Å². The molecule has 2 aliphatic heterocycles. The summed E-state index contributed by atoms with van der Waals surface area (Å²) in [5, 5.41) is 0. The Morgan fingerprint density at radius 1 is 1.13 bits per heavy atom. The lowest BCUT2D eigenvalue weighted by atomic mass is 10.0. The molecule has 6 nitrogen and oxygen atoms in total. The zero-order valence-electron chi connectivity index (χ0n) is 17.0. The van der Waals surface area contributed by atoms with Gasteiger partial charge in [-0.05, 0) is 61.7 Å². The number of ether oxygens (including phenoxy) is 2. The van der Waals surface area contributed by atoms with Crippen LogP contribution in [0.5, 0.6) is 11.5 Å². The van der Waals surface area contributed by atoms with Crippen LogP contribution in [-0.2, 0) is 9.59 Å². The second kappa shape index (κ2) is 9.08. The molecule has 2 amide bonds. The smallest absolute Gasteiger partial charge is 0.261 e. The van der Waals surface area contributed by atoms with E-state index < -0.39 is 0 Å². The number of benzene rings is 2. The second-order valence-corrected chi connectivity index (χ2v) is 8.48. The fourth-order valence-electron chi connectivity index (χ4n) is 4.23. The Morgan fingerprint density at radius 2 is 1.93 bits per heavy atom. The number of nitrogens with zero attached hydrogens (tertiary/aromatic N) is 2. The monoisotopic (exact) mass is 472 g/mol. The van der Waals surface area contributed by atoms with Gasteiger partial charge in [0.1, 0.15) is 11.5 Å². The van der Waals surface area contributed by atoms with E-state index in [-0.39, 0.29) is 24.5 Å². The van der Waals surface area contributed by atoms with E-state index in [9.17, 15) is 9.59 Å². The molecule has 0 N–H and O–H groups in total. The molecule has 1 atom stereocenters. The van der Waals surface area contributed by atoms with Crippen LogP contribution in [0.3, 0.4) is 0 Å². The topological polar surface area (TPSA) is 59.1 Å². The van der Waals surface area contributed by atoms with E-state index in [0.717, 1.165) is 47.3 Å². The fraction of sp³-hybridized carbons (Fsp3) is 0.391. The van der Waals surface area contributed by atoms with E-state index >= 15 is 0 Å². The highest BCUT2D eigenvalue weighted by Crippen LogP contribution is 2.38. The SMILES string of the molecule is COc1ccc(Br)cc1C1CCCN1C(=O)COc1ccc(N2CCCC2=O)cc1. The van der Waals surface area contributed by atoms with Crippen molar-refractivity contribution in [3.05, 3.63) is 52.5 Å². The summed E-state index contributed by atoms with van der Waals surface area (Å²) in [6.45, 7) is 1.44. The highest BCUT2D eigenvalue weighted by molar-refractivity contribution is 9.10. The number of amides is 2. The third-order valence-corrected chi connectivity index (χ3v) is 6.20. The van der Waals surface area contributed by atoms with Crippen molar-refractivity contribution < 1.29 is 19.1 Å². The molecule has 0 saturated carbocycles. The normalized spacial score (nSPS) is 18.7. The summed E-state index contributed by atoms with van der Waals surface area (Å²) < 4.78 is 12.2. The van der Waals surface area contributed by atoms with E-state index in [1.54, 1.807) is 12.0 Å². The first kappa shape index (κ1) is 20.7. The average molecular weight is 473 g/mol. The summed E-state index contributed by atoms with van der Waals surface area (Å²) in [6, 6.07) is 13.2. The van der Waals surface area contributed by atoms with Crippen molar-refractivity contribution >= 4 is 33.4 Å². The summed E-state index contributed by atoms with van der Waals surface area (Å²) in [4.78, 5) is 28.4. The summed E-state index contributed by atoms with van der Waals surface area (Å²) in [5.74, 6) is 1.52. The Labute approximate surface area is 184 Å². The third-order valence-electron chi connectivity index (χ3n) is 5.71. The Kier molecular flexibility index (Phi) is 6.27. The molecule has 2 aliphatic rings. The van der Waals surface area contributed by atoms with Gasteiger partial charge in [0.05, 0.1) is 13.2 Å². The molecule has 0 spiro atoms. The molecule has 0 bridgehead atoms. The maximum atomic E-state index is 12.9. The van der Waals surface area contributed by atoms with Crippen LogP contribution < -0.4 is 14.4 Å². The second-order valence-electron chi connectivity index (χ2n) is 7.56. The van der Waals surface area contributed by atoms with Crippen LogP contribution in [0.25, 0.3) is 0 Å². The summed E-state index contributed by atoms with van der Waals surface area (Å²) in [6.07, 6.45) is 3.35. The quantitative estimate of drug-likeness (QED) is 0.627. The van der Waals surface area contributed by atoms with E-state index in [2.05, 4.69) is 15.9 Å². The zero-order chi connectivity index (χ0) is 21.1. The lowest BCUT2D eigenvalue weighted by Gasteiger charge is -2.26. The van der Waals surface area contributed by atoms with Crippen LogP contribution in [0.4, 0.5) is 5.69 Å². The van der Waals surface area contributed by atoms with Crippen molar-refractivity contribution in [1.82, 2.24) is 4.90 Å². The van der Waals surface area contributed by atoms with Crippen molar-refractivity contribution in [2.45, 2.75) is 31.7 Å². The molecule has 2 aromatic rings. The molecule has 158 valence electrons. The lowest BCUT2D eigenvalue weighted by Crippen LogP contribution is -2.34. The van der Waals surface area contributed by atoms with E-state index in [1.165, 1.54) is 0 Å². The largest absolute Gasteiger partial charge is 0.496 e. The Hall–Kier alpha value is -2.54. The first-order chi connectivity index (χ1) is 14.6. The molecule has 7 heteroatoms. The molecule has 2 aromatic carbocycles. The molecule has 4 rings (SSSR count). The molecular weight excluding hydrogens is 448 g/mol. The summed E-state index contributed by atoms with van der Waals surface area (Å²) in [7, 11) is 1.65. The van der Waals surface area contributed by atoms with Gasteiger partial charge in [0.15, 0.2) is 6.61 Å². The Morgan fingerprint density at radius 3 is 2.63 bits per heavy atom. The number of hydrogen-bond acceptors (Lipinski definition) is 4. The van der Waals surface area contributed by atoms with Crippen LogP contribution in [0.1, 0.15) is 37.3 Å². The molecule has 2 fully saturated rings. The van der Waals surface area contributed by atoms with Crippen LogP contribution in [0.2, 0.25) is 0 Å². The van der Waals surface area contributed by atoms with Gasteiger partial charge >= 0.3 is 0 Å². The van der Waals surface area contributed by atoms with Crippen molar-refractivity contribution in [2.24, 2.45) is 0 Å². The van der Waals surface area contributed by atoms with Crippen LogP contribution in [0.15, 0.2) is 46.9 Å². The van der Waals surface area contributed by atoms with Gasteiger partial charge in [-0.15, -0.1) is 0 Å². The standard InChI is InChI=1S/C23H25BrN2O4/c1-29-21-11-6-16(24)14-19(21)20-4-2-13-26(20)23(28)15-30-18-9-7-17(8-10-18)25-12-3-5-22(25)27/h6-11,14,20H,2-5,12-13,15H2,1H3. The molecule has 0 aromatic heterocycles. The first-order valence-corrected chi connectivity index (χ1v) is 11.0. The number of halogens is 1. The predicted molar refractivity (Wildman–Crippen MR) is 118 cm³/mol. The van der Waals surface area contributed by atoms with Crippen molar-refractivity contribution in [3.8, 4) is 11.5 Å². The number of likely N-dealkylation sites (tertiary alicyclic amines) is 1. The number of rotatable bonds is 6. The summed E-state index contributed by atoms with van der Waals surface area (Å²) >= 11 is 3.52. The lowest BCUT2D eigenvalue weighted by molar-refractivity contribution is -0.134. The first-order valence-electron chi connectivity index (χ1n) is 10.2. The van der Waals surface area contributed by atoms with Crippen molar-refractivity contribution in [3.63, 3.8) is 0 Å². The Bertz CT molecular complexity index is 931. The molecule has 2 heterocycles. The minimum atomic E-state index is -0.0432. The van der Waals surface area contributed by atoms with Crippen molar-refractivity contribution in [1.29, 1.82) is 0 Å². The Balaban J connectivity index is 1.40. The number of methoxy groups -OCH3 is 1. The van der Waals surface area contributed by atoms with Crippen LogP contribution in [-0.4, -0.2) is 43.5 Å². The minimum Gasteiger partial charge on any atom is -0.496 e. The van der Waals surface area contributed by atoms with Gasteiger partial charge in [-0.3, -0.25) is 9.59 Å². The maximum Gasteiger partial charge on any atom is 0.261 e. The number of anilines is 1. The fourth-order valence-corrected chi connectivity index (χ4v) is 4.60. The zero-order valence-corrected chi connectivity index (χ0v) is 18.6. The van der Waals surface area contributed by atoms with Crippen LogP contribution >= 0.6 is 15.9 Å². The number of carbonyl (C=O) groups is 2. The van der Waals surface area contributed by atoms with Gasteiger partial charge in [-0.1, -0.05) is 15.9 Å². The van der Waals surface area contributed by atoms with Gasteiger partial charge < -0.3 is 19.3 Å². The molecule has 1 unspecified atom stereocenters. The van der Waals surface area contributed by atoms with E-state index in [4.69, 9.17) is 9.47 Å². The van der Waals surface area contributed by atoms with Crippen molar-refractivity contribution in [2.75, 3.05) is 31.7 Å². The third kappa shape index (κ3) is 4.31. The molecule has 2 saturated heterocycles. The molecule has 30 heavy (non-hydrogen) atoms. The maximum absolute atomic E-state index is 12.9. The number of carbonyl (C=O) groups excluding carboxylic acids is 2. The van der Waals surface area contributed by atoms with Gasteiger partial charge in [0.2, 0.25) is 5.91 Å². The van der Waals surface area contributed by atoms with Gasteiger partial charge in [0.25, 0.3) is 5.91 Å². The molecule has 0 radical (unpaired) electrons. The number of hydrogen-bond donors (Lipinski definition) is 0. The minimum absolute atomic E-state index is 0.0166. The van der Waals surface area contributed by atoms with Crippen LogP contribution in [0, 0.1) is 0 Å². The summed E-state index contributed by atoms with van der Waals surface area (Å²) in [5.41, 5.74) is 1.88. The highest BCUT2D eigenvalue weighted by Gasteiger charge is 2.32. The molecule has 0 aliphatic carbocycles. The highest BCUT2D eigenvalue weighted by atomic mass is 79.9. The van der Waals surface area contributed by atoms with E-state index in [1.807, 2.05) is 47.4 Å².